The molecule has 0 unspecified atom stereocenters. The van der Waals surface area contributed by atoms with Crippen molar-refractivity contribution in [1.29, 1.82) is 0 Å². The Hall–Kier alpha value is -2.05. The second-order valence-corrected chi connectivity index (χ2v) is 6.62. The fraction of sp³-hybridized carbons (Fsp3) is 0.667. The second-order valence-electron chi connectivity index (χ2n) is 6.62. The Morgan fingerprint density at radius 1 is 1.23 bits per heavy atom. The molecule has 7 nitrogen and oxygen atoms in total. The number of allylic oxidation sites excluding steroid dienone is 1. The van der Waals surface area contributed by atoms with Crippen LogP contribution in [0.4, 0.5) is 4.79 Å². The molecule has 0 aromatic heterocycles. The highest BCUT2D eigenvalue weighted by atomic mass is 16.6. The van der Waals surface area contributed by atoms with Gasteiger partial charge in [-0.25, -0.2) is 9.59 Å². The summed E-state index contributed by atoms with van der Waals surface area (Å²) in [5.74, 6) is -3.07. The van der Waals surface area contributed by atoms with Gasteiger partial charge >= 0.3 is 18.0 Å². The minimum atomic E-state index is -1.23. The first-order valence-corrected chi connectivity index (χ1v) is 7.04. The number of carboxylic acids is 2. The molecule has 1 amide bonds. The number of carboxylic acid groups (broad SMARTS) is 2. The van der Waals surface area contributed by atoms with Gasteiger partial charge in [0.25, 0.3) is 0 Å². The van der Waals surface area contributed by atoms with Crippen LogP contribution in [0.5, 0.6) is 0 Å². The summed E-state index contributed by atoms with van der Waals surface area (Å²) in [6, 6.07) is -1.23. The lowest BCUT2D eigenvalue weighted by Gasteiger charge is -2.27. The summed E-state index contributed by atoms with van der Waals surface area (Å²) in [6.45, 7) is 8.70. The van der Waals surface area contributed by atoms with Crippen LogP contribution in [0.2, 0.25) is 0 Å². The number of hydrogen-bond acceptors (Lipinski definition) is 4. The molecule has 0 radical (unpaired) electrons. The van der Waals surface area contributed by atoms with Gasteiger partial charge in [0.1, 0.15) is 11.6 Å². The molecule has 0 saturated carbocycles. The number of aliphatic carboxylic acids is 2. The monoisotopic (exact) mass is 313 g/mol. The van der Waals surface area contributed by atoms with Crippen molar-refractivity contribution in [2.24, 2.45) is 5.92 Å². The highest BCUT2D eigenvalue weighted by Gasteiger charge is 2.47. The lowest BCUT2D eigenvalue weighted by atomic mass is 9.90. The molecule has 1 aliphatic rings. The quantitative estimate of drug-likeness (QED) is 0.773. The minimum absolute atomic E-state index is 0.0756. The summed E-state index contributed by atoms with van der Waals surface area (Å²) < 4.78 is 5.24. The molecule has 1 rings (SSSR count). The number of carbonyl (C=O) groups excluding carboxylic acids is 1. The van der Waals surface area contributed by atoms with Gasteiger partial charge in [0.15, 0.2) is 0 Å². The summed E-state index contributed by atoms with van der Waals surface area (Å²) >= 11 is 0. The predicted molar refractivity (Wildman–Crippen MR) is 78.5 cm³/mol. The standard InChI is InChI=1S/C15H23NO6/c1-8(2)10-7-16(14(21)22-15(3,4)5)12(13(19)20)9(10)6-11(17)18/h9,12H,6-7H2,1-5H3,(H,17,18)(H,19,20)/t9-,12-/m0/s1. The lowest BCUT2D eigenvalue weighted by molar-refractivity contribution is -0.144. The molecule has 7 heteroatoms. The van der Waals surface area contributed by atoms with Crippen molar-refractivity contribution in [3.05, 3.63) is 11.1 Å². The zero-order chi connectivity index (χ0) is 17.2. The molecule has 1 fully saturated rings. The van der Waals surface area contributed by atoms with Gasteiger partial charge in [-0.05, 0) is 40.2 Å². The van der Waals surface area contributed by atoms with Crippen LogP contribution in [0.15, 0.2) is 11.1 Å². The first-order valence-electron chi connectivity index (χ1n) is 7.04. The third kappa shape index (κ3) is 4.22. The number of likely N-dealkylation sites (tertiary alicyclic amines) is 1. The van der Waals surface area contributed by atoms with E-state index < -0.39 is 35.6 Å². The van der Waals surface area contributed by atoms with Crippen molar-refractivity contribution in [2.75, 3.05) is 6.54 Å². The maximum atomic E-state index is 12.2. The van der Waals surface area contributed by atoms with E-state index in [1.165, 1.54) is 0 Å². The van der Waals surface area contributed by atoms with Crippen LogP contribution in [0.3, 0.4) is 0 Å². The number of nitrogens with zero attached hydrogens (tertiary/aromatic N) is 1. The molecule has 2 N–H and O–H groups in total. The van der Waals surface area contributed by atoms with Crippen molar-refractivity contribution in [3.63, 3.8) is 0 Å². The Labute approximate surface area is 129 Å². The molecule has 0 aromatic rings. The van der Waals surface area contributed by atoms with E-state index in [9.17, 15) is 19.5 Å². The average molecular weight is 313 g/mol. The van der Waals surface area contributed by atoms with E-state index in [0.717, 1.165) is 10.5 Å². The average Bonchev–Trinajstić information content (AvgIpc) is 2.65. The zero-order valence-electron chi connectivity index (χ0n) is 13.5. The van der Waals surface area contributed by atoms with Gasteiger partial charge in [-0.2, -0.15) is 0 Å². The molecule has 1 aliphatic heterocycles. The molecular weight excluding hydrogens is 290 g/mol. The summed E-state index contributed by atoms with van der Waals surface area (Å²) in [4.78, 5) is 36.0. The molecule has 124 valence electrons. The van der Waals surface area contributed by atoms with E-state index >= 15 is 0 Å². The minimum Gasteiger partial charge on any atom is -0.481 e. The second kappa shape index (κ2) is 6.37. The van der Waals surface area contributed by atoms with Crippen molar-refractivity contribution >= 4 is 18.0 Å². The van der Waals surface area contributed by atoms with Gasteiger partial charge in [-0.3, -0.25) is 9.69 Å². The topological polar surface area (TPSA) is 104 Å². The van der Waals surface area contributed by atoms with Crippen LogP contribution < -0.4 is 0 Å². The Morgan fingerprint density at radius 3 is 2.14 bits per heavy atom. The third-order valence-corrected chi connectivity index (χ3v) is 3.42. The molecule has 2 atom stereocenters. The fourth-order valence-corrected chi connectivity index (χ4v) is 2.56. The van der Waals surface area contributed by atoms with Gasteiger partial charge in [-0.15, -0.1) is 0 Å². The van der Waals surface area contributed by atoms with Gasteiger partial charge in [0, 0.05) is 12.5 Å². The van der Waals surface area contributed by atoms with E-state index in [1.807, 2.05) is 0 Å². The first kappa shape index (κ1) is 18.0. The van der Waals surface area contributed by atoms with E-state index in [-0.39, 0.29) is 13.0 Å². The number of rotatable bonds is 3. The molecule has 0 spiro atoms. The molecule has 0 bridgehead atoms. The molecule has 0 aliphatic carbocycles. The van der Waals surface area contributed by atoms with Crippen molar-refractivity contribution in [3.8, 4) is 0 Å². The van der Waals surface area contributed by atoms with Crippen molar-refractivity contribution in [1.82, 2.24) is 4.90 Å². The van der Waals surface area contributed by atoms with Crippen LogP contribution in [0, 0.1) is 5.92 Å². The first-order chi connectivity index (χ1) is 9.94. The van der Waals surface area contributed by atoms with E-state index in [4.69, 9.17) is 9.84 Å². The smallest absolute Gasteiger partial charge is 0.411 e. The van der Waals surface area contributed by atoms with Gasteiger partial charge < -0.3 is 14.9 Å². The summed E-state index contributed by atoms with van der Waals surface area (Å²) in [5.41, 5.74) is 0.736. The third-order valence-electron chi connectivity index (χ3n) is 3.42. The van der Waals surface area contributed by atoms with Gasteiger partial charge in [-0.1, -0.05) is 5.57 Å². The van der Waals surface area contributed by atoms with E-state index in [0.29, 0.717) is 5.57 Å². The van der Waals surface area contributed by atoms with Crippen LogP contribution in [-0.2, 0) is 14.3 Å². The van der Waals surface area contributed by atoms with Gasteiger partial charge in [0.2, 0.25) is 0 Å². The normalized spacial score (nSPS) is 21.7. The molecule has 22 heavy (non-hydrogen) atoms. The number of carbonyl (C=O) groups is 3. The predicted octanol–water partition coefficient (Wildman–Crippen LogP) is 2.12. The van der Waals surface area contributed by atoms with E-state index in [1.54, 1.807) is 34.6 Å². The Kier molecular flexibility index (Phi) is 5.22. The highest BCUT2D eigenvalue weighted by molar-refractivity contribution is 5.84. The Balaban J connectivity index is 3.18. The number of hydrogen-bond donors (Lipinski definition) is 2. The van der Waals surface area contributed by atoms with Crippen LogP contribution >= 0.6 is 0 Å². The van der Waals surface area contributed by atoms with Crippen molar-refractivity contribution in [2.45, 2.75) is 52.7 Å². The van der Waals surface area contributed by atoms with Crippen LogP contribution in [0.1, 0.15) is 41.0 Å². The van der Waals surface area contributed by atoms with Gasteiger partial charge in [0.05, 0.1) is 6.42 Å². The molecule has 1 heterocycles. The van der Waals surface area contributed by atoms with Crippen LogP contribution in [-0.4, -0.2) is 51.3 Å². The zero-order valence-corrected chi connectivity index (χ0v) is 13.5. The SMILES string of the molecule is CC(C)=C1CN(C(=O)OC(C)(C)C)[C@H](C(=O)O)[C@H]1CC(=O)O. The number of amides is 1. The molecule has 1 saturated heterocycles. The lowest BCUT2D eigenvalue weighted by Crippen LogP contribution is -2.45. The summed E-state index contributed by atoms with van der Waals surface area (Å²) in [6.07, 6.45) is -1.08. The summed E-state index contributed by atoms with van der Waals surface area (Å²) in [7, 11) is 0. The molecular formula is C15H23NO6. The highest BCUT2D eigenvalue weighted by Crippen LogP contribution is 2.35. The summed E-state index contributed by atoms with van der Waals surface area (Å²) in [5, 5.41) is 18.5. The van der Waals surface area contributed by atoms with Crippen molar-refractivity contribution < 1.29 is 29.3 Å². The Bertz CT molecular complexity index is 513. The van der Waals surface area contributed by atoms with E-state index in [2.05, 4.69) is 0 Å². The maximum Gasteiger partial charge on any atom is 0.411 e. The number of ether oxygens (including phenoxy) is 1. The Morgan fingerprint density at radius 2 is 1.77 bits per heavy atom. The molecule has 0 aromatic carbocycles. The fourth-order valence-electron chi connectivity index (χ4n) is 2.56. The van der Waals surface area contributed by atoms with Crippen LogP contribution in [0.25, 0.3) is 0 Å². The largest absolute Gasteiger partial charge is 0.481 e. The maximum absolute atomic E-state index is 12.2.